The largest absolute Gasteiger partial charge is 0.394 e. The fourth-order valence-electron chi connectivity index (χ4n) is 1.90. The first kappa shape index (κ1) is 15.5. The van der Waals surface area contributed by atoms with Crippen LogP contribution in [0.4, 0.5) is 5.69 Å². The van der Waals surface area contributed by atoms with Crippen LogP contribution in [-0.4, -0.2) is 35.3 Å². The van der Waals surface area contributed by atoms with Crippen molar-refractivity contribution < 1.29 is 15.0 Å². The van der Waals surface area contributed by atoms with Crippen LogP contribution >= 0.6 is 11.6 Å². The van der Waals surface area contributed by atoms with E-state index in [2.05, 4.69) is 5.32 Å². The van der Waals surface area contributed by atoms with E-state index in [1.165, 1.54) is 0 Å². The van der Waals surface area contributed by atoms with Crippen molar-refractivity contribution in [3.05, 3.63) is 64.7 Å². The maximum atomic E-state index is 12.5. The molecule has 0 saturated heterocycles. The summed E-state index contributed by atoms with van der Waals surface area (Å²) in [6.45, 7) is -0.221. The van der Waals surface area contributed by atoms with Crippen molar-refractivity contribution in [2.75, 3.05) is 18.5 Å². The second-order valence-electron chi connectivity index (χ2n) is 4.60. The molecule has 0 radical (unpaired) electrons. The highest BCUT2D eigenvalue weighted by Gasteiger charge is 2.14. The number of hydrogen-bond donors (Lipinski definition) is 3. The number of benzene rings is 2. The average molecular weight is 306 g/mol. The lowest BCUT2D eigenvalue weighted by molar-refractivity contribution is 0.103. The van der Waals surface area contributed by atoms with Crippen LogP contribution in [0, 0.1) is 0 Å². The van der Waals surface area contributed by atoms with E-state index in [9.17, 15) is 9.90 Å². The summed E-state index contributed by atoms with van der Waals surface area (Å²) in [4.78, 5) is 12.5. The third kappa shape index (κ3) is 4.04. The van der Waals surface area contributed by atoms with E-state index in [0.29, 0.717) is 21.8 Å². The number of rotatable bonds is 6. The topological polar surface area (TPSA) is 69.6 Å². The smallest absolute Gasteiger partial charge is 0.195 e. The van der Waals surface area contributed by atoms with Crippen molar-refractivity contribution >= 4 is 23.1 Å². The Morgan fingerprint density at radius 1 is 1.19 bits per heavy atom. The minimum absolute atomic E-state index is 0.131. The molecule has 0 bridgehead atoms. The summed E-state index contributed by atoms with van der Waals surface area (Å²) >= 11 is 5.95. The molecule has 2 rings (SSSR count). The lowest BCUT2D eigenvalue weighted by Crippen LogP contribution is -2.23. The quantitative estimate of drug-likeness (QED) is 0.717. The Kier molecular flexibility index (Phi) is 5.33. The predicted octanol–water partition coefficient (Wildman–Crippen LogP) is 2.34. The standard InChI is InChI=1S/C16H16ClNO3/c17-12-6-7-14(15(8-12)18-9-13(20)10-19)16(21)11-4-2-1-3-5-11/h1-8,13,18-20H,9-10H2. The molecule has 3 N–H and O–H groups in total. The van der Waals surface area contributed by atoms with Crippen molar-refractivity contribution in [2.45, 2.75) is 6.10 Å². The summed E-state index contributed by atoms with van der Waals surface area (Å²) in [5.41, 5.74) is 1.57. The Morgan fingerprint density at radius 3 is 2.57 bits per heavy atom. The van der Waals surface area contributed by atoms with Gasteiger partial charge in [-0.3, -0.25) is 4.79 Å². The van der Waals surface area contributed by atoms with Crippen LogP contribution in [0.5, 0.6) is 0 Å². The van der Waals surface area contributed by atoms with Gasteiger partial charge in [0, 0.05) is 28.4 Å². The van der Waals surface area contributed by atoms with Crippen LogP contribution in [0.25, 0.3) is 0 Å². The molecule has 1 atom stereocenters. The summed E-state index contributed by atoms with van der Waals surface area (Å²) in [7, 11) is 0. The van der Waals surface area contributed by atoms with Crippen molar-refractivity contribution in [1.82, 2.24) is 0 Å². The van der Waals surface area contributed by atoms with E-state index < -0.39 is 6.10 Å². The molecule has 0 aliphatic rings. The summed E-state index contributed by atoms with van der Waals surface area (Å²) < 4.78 is 0. The number of carbonyl (C=O) groups excluding carboxylic acids is 1. The third-order valence-corrected chi connectivity index (χ3v) is 3.24. The van der Waals surface area contributed by atoms with Crippen LogP contribution in [-0.2, 0) is 0 Å². The number of nitrogens with one attached hydrogen (secondary N) is 1. The molecule has 5 heteroatoms. The van der Waals surface area contributed by atoms with Crippen LogP contribution < -0.4 is 5.32 Å². The van der Waals surface area contributed by atoms with Crippen LogP contribution in [0.2, 0.25) is 5.02 Å². The van der Waals surface area contributed by atoms with Gasteiger partial charge >= 0.3 is 0 Å². The van der Waals surface area contributed by atoms with E-state index in [1.807, 2.05) is 6.07 Å². The summed E-state index contributed by atoms with van der Waals surface area (Å²) in [5, 5.41) is 21.7. The molecule has 0 saturated carbocycles. The minimum atomic E-state index is -0.899. The number of aliphatic hydroxyl groups is 2. The van der Waals surface area contributed by atoms with Gasteiger partial charge in [0.2, 0.25) is 0 Å². The second-order valence-corrected chi connectivity index (χ2v) is 5.04. The Hall–Kier alpha value is -1.88. The predicted molar refractivity (Wildman–Crippen MR) is 82.9 cm³/mol. The highest BCUT2D eigenvalue weighted by Crippen LogP contribution is 2.23. The second kappa shape index (κ2) is 7.22. The molecule has 1 unspecified atom stereocenters. The summed E-state index contributed by atoms with van der Waals surface area (Å²) in [6.07, 6.45) is -0.899. The number of hydrogen-bond acceptors (Lipinski definition) is 4. The van der Waals surface area contributed by atoms with Crippen molar-refractivity contribution in [1.29, 1.82) is 0 Å². The summed E-state index contributed by atoms with van der Waals surface area (Å²) in [5.74, 6) is -0.131. The maximum absolute atomic E-state index is 12.5. The van der Waals surface area contributed by atoms with Gasteiger partial charge < -0.3 is 15.5 Å². The lowest BCUT2D eigenvalue weighted by atomic mass is 10.0. The SMILES string of the molecule is O=C(c1ccccc1)c1ccc(Cl)cc1NCC(O)CO. The number of carbonyl (C=O) groups is 1. The van der Waals surface area contributed by atoms with Crippen LogP contribution in [0.3, 0.4) is 0 Å². The number of halogens is 1. The van der Waals surface area contributed by atoms with E-state index in [-0.39, 0.29) is 18.9 Å². The van der Waals surface area contributed by atoms with Gasteiger partial charge in [-0.05, 0) is 18.2 Å². The van der Waals surface area contributed by atoms with E-state index in [0.717, 1.165) is 0 Å². The molecule has 0 aromatic heterocycles. The Bertz CT molecular complexity index is 616. The minimum Gasteiger partial charge on any atom is -0.394 e. The zero-order valence-corrected chi connectivity index (χ0v) is 12.0. The van der Waals surface area contributed by atoms with Gasteiger partial charge in [-0.15, -0.1) is 0 Å². The van der Waals surface area contributed by atoms with Crippen molar-refractivity contribution in [3.63, 3.8) is 0 Å². The van der Waals surface area contributed by atoms with Gasteiger partial charge in [-0.1, -0.05) is 41.9 Å². The molecular weight excluding hydrogens is 290 g/mol. The maximum Gasteiger partial charge on any atom is 0.195 e. The summed E-state index contributed by atoms with van der Waals surface area (Å²) in [6, 6.07) is 13.8. The Morgan fingerprint density at radius 2 is 1.90 bits per heavy atom. The van der Waals surface area contributed by atoms with Crippen molar-refractivity contribution in [3.8, 4) is 0 Å². The normalized spacial score (nSPS) is 12.0. The molecule has 0 spiro atoms. The van der Waals surface area contributed by atoms with Gasteiger partial charge in [0.05, 0.1) is 12.7 Å². The molecule has 0 fully saturated rings. The molecule has 0 aliphatic carbocycles. The highest BCUT2D eigenvalue weighted by atomic mass is 35.5. The zero-order valence-electron chi connectivity index (χ0n) is 11.3. The van der Waals surface area contributed by atoms with E-state index in [1.54, 1.807) is 42.5 Å². The molecule has 0 heterocycles. The zero-order chi connectivity index (χ0) is 15.2. The van der Waals surface area contributed by atoms with Gasteiger partial charge in [-0.2, -0.15) is 0 Å². The molecule has 2 aromatic carbocycles. The van der Waals surface area contributed by atoms with E-state index >= 15 is 0 Å². The molecule has 110 valence electrons. The van der Waals surface area contributed by atoms with Gasteiger partial charge in [0.15, 0.2) is 5.78 Å². The fraction of sp³-hybridized carbons (Fsp3) is 0.188. The molecule has 2 aromatic rings. The average Bonchev–Trinajstić information content (AvgIpc) is 2.53. The molecule has 0 amide bonds. The Labute approximate surface area is 128 Å². The van der Waals surface area contributed by atoms with E-state index in [4.69, 9.17) is 16.7 Å². The molecule has 0 aliphatic heterocycles. The molecular formula is C16H16ClNO3. The lowest BCUT2D eigenvalue weighted by Gasteiger charge is -2.14. The van der Waals surface area contributed by atoms with Crippen molar-refractivity contribution in [2.24, 2.45) is 0 Å². The first-order chi connectivity index (χ1) is 10.1. The van der Waals surface area contributed by atoms with Gasteiger partial charge in [0.25, 0.3) is 0 Å². The number of anilines is 1. The van der Waals surface area contributed by atoms with Crippen LogP contribution in [0.15, 0.2) is 48.5 Å². The molecule has 4 nitrogen and oxygen atoms in total. The highest BCUT2D eigenvalue weighted by molar-refractivity contribution is 6.31. The fourth-order valence-corrected chi connectivity index (χ4v) is 2.07. The number of ketones is 1. The third-order valence-electron chi connectivity index (χ3n) is 3.00. The first-order valence-corrected chi connectivity index (χ1v) is 6.91. The Balaban J connectivity index is 2.28. The van der Waals surface area contributed by atoms with Gasteiger partial charge in [-0.25, -0.2) is 0 Å². The number of aliphatic hydroxyl groups excluding tert-OH is 2. The van der Waals surface area contributed by atoms with Crippen LogP contribution in [0.1, 0.15) is 15.9 Å². The monoisotopic (exact) mass is 305 g/mol. The van der Waals surface area contributed by atoms with Gasteiger partial charge in [0.1, 0.15) is 0 Å². The molecule has 21 heavy (non-hydrogen) atoms. The first-order valence-electron chi connectivity index (χ1n) is 6.54.